The minimum Gasteiger partial charge on any atom is -0.376 e. The number of benzene rings is 2. The molecule has 0 spiro atoms. The summed E-state index contributed by atoms with van der Waals surface area (Å²) >= 11 is 0. The first-order valence-corrected chi connectivity index (χ1v) is 10.1. The molecule has 6 nitrogen and oxygen atoms in total. The molecule has 0 radical (unpaired) electrons. The Morgan fingerprint density at radius 1 is 1.03 bits per heavy atom. The largest absolute Gasteiger partial charge is 0.534 e. The molecule has 1 atom stereocenters. The van der Waals surface area contributed by atoms with E-state index in [0.29, 0.717) is 5.56 Å². The van der Waals surface area contributed by atoms with Crippen LogP contribution in [0.5, 0.6) is 5.75 Å². The van der Waals surface area contributed by atoms with Gasteiger partial charge in [0.25, 0.3) is 0 Å². The first-order chi connectivity index (χ1) is 14.3. The molecular formula is C19H16F5NO5S. The van der Waals surface area contributed by atoms with Crippen molar-refractivity contribution in [1.82, 2.24) is 5.32 Å². The highest BCUT2D eigenvalue weighted by atomic mass is 32.2. The molecule has 1 amide bonds. The van der Waals surface area contributed by atoms with Crippen molar-refractivity contribution in [2.45, 2.75) is 31.3 Å². The van der Waals surface area contributed by atoms with Crippen molar-refractivity contribution < 1.29 is 44.1 Å². The molecule has 0 bridgehead atoms. The number of carbonyl (C=O) groups is 2. The highest BCUT2D eigenvalue weighted by Crippen LogP contribution is 2.28. The molecule has 2 aromatic rings. The van der Waals surface area contributed by atoms with Crippen LogP contribution in [0.3, 0.4) is 0 Å². The summed E-state index contributed by atoms with van der Waals surface area (Å²) in [5, 5.41) is 2.51. The van der Waals surface area contributed by atoms with Crippen molar-refractivity contribution in [1.29, 1.82) is 0 Å². The summed E-state index contributed by atoms with van der Waals surface area (Å²) in [5.41, 5.74) is -6.02. The summed E-state index contributed by atoms with van der Waals surface area (Å²) in [6, 6.07) is 6.36. The molecule has 0 heterocycles. The van der Waals surface area contributed by atoms with E-state index in [1.807, 2.05) is 0 Å². The molecule has 168 valence electrons. The Balaban J connectivity index is 2.17. The van der Waals surface area contributed by atoms with Crippen LogP contribution in [0.1, 0.15) is 41.7 Å². The first-order valence-electron chi connectivity index (χ1n) is 8.67. The van der Waals surface area contributed by atoms with Crippen LogP contribution in [0, 0.1) is 11.6 Å². The lowest BCUT2D eigenvalue weighted by molar-refractivity contribution is -0.119. The number of alkyl halides is 3. The fourth-order valence-electron chi connectivity index (χ4n) is 2.66. The van der Waals surface area contributed by atoms with Gasteiger partial charge in [-0.3, -0.25) is 9.59 Å². The molecule has 0 aromatic heterocycles. The minimum atomic E-state index is -5.85. The van der Waals surface area contributed by atoms with Crippen molar-refractivity contribution in [2.75, 3.05) is 0 Å². The van der Waals surface area contributed by atoms with E-state index < -0.39 is 56.3 Å². The van der Waals surface area contributed by atoms with Gasteiger partial charge in [0.2, 0.25) is 5.91 Å². The SMILES string of the molecule is CC(=O)N[C@H](CCC(=O)c1c(F)cccc1F)c1ccc(OS(=O)(=O)C(F)(F)F)cc1. The Morgan fingerprint density at radius 3 is 2.06 bits per heavy atom. The fraction of sp³-hybridized carbons (Fsp3) is 0.263. The van der Waals surface area contributed by atoms with Crippen LogP contribution in [-0.4, -0.2) is 25.6 Å². The van der Waals surface area contributed by atoms with Crippen LogP contribution < -0.4 is 9.50 Å². The Labute approximate surface area is 174 Å². The summed E-state index contributed by atoms with van der Waals surface area (Å²) in [6.07, 6.45) is -0.448. The van der Waals surface area contributed by atoms with Gasteiger partial charge < -0.3 is 9.50 Å². The molecule has 0 fully saturated rings. The Bertz CT molecular complexity index is 1050. The lowest BCUT2D eigenvalue weighted by atomic mass is 9.97. The van der Waals surface area contributed by atoms with Crippen molar-refractivity contribution in [3.05, 3.63) is 65.2 Å². The van der Waals surface area contributed by atoms with E-state index in [1.54, 1.807) is 0 Å². The van der Waals surface area contributed by atoms with E-state index in [0.717, 1.165) is 30.3 Å². The molecule has 0 aliphatic rings. The third kappa shape index (κ3) is 6.23. The van der Waals surface area contributed by atoms with E-state index >= 15 is 0 Å². The van der Waals surface area contributed by atoms with Gasteiger partial charge >= 0.3 is 15.6 Å². The molecule has 0 aliphatic heterocycles. The Hall–Kier alpha value is -3.02. The lowest BCUT2D eigenvalue weighted by Gasteiger charge is -2.19. The number of rotatable bonds is 8. The van der Waals surface area contributed by atoms with E-state index in [9.17, 15) is 40.0 Å². The average Bonchev–Trinajstić information content (AvgIpc) is 2.64. The Kier molecular flexibility index (Phi) is 7.37. The molecule has 12 heteroatoms. The zero-order chi connectivity index (χ0) is 23.4. The first kappa shape index (κ1) is 24.3. The molecule has 0 saturated carbocycles. The summed E-state index contributed by atoms with van der Waals surface area (Å²) in [7, 11) is -5.85. The summed E-state index contributed by atoms with van der Waals surface area (Å²) < 4.78 is 90.8. The molecule has 31 heavy (non-hydrogen) atoms. The quantitative estimate of drug-likeness (QED) is 0.275. The highest BCUT2D eigenvalue weighted by molar-refractivity contribution is 7.88. The lowest BCUT2D eigenvalue weighted by Crippen LogP contribution is -2.28. The monoisotopic (exact) mass is 465 g/mol. The number of ketones is 1. The standard InChI is InChI=1S/C19H16F5NO5S/c1-11(26)25-16(9-10-17(27)18-14(20)3-2-4-15(18)21)12-5-7-13(8-6-12)30-31(28,29)19(22,23)24/h2-8,16H,9-10H2,1H3,(H,25,26)/t16-/m1/s1. The smallest absolute Gasteiger partial charge is 0.376 e. The van der Waals surface area contributed by atoms with Crippen LogP contribution in [0.25, 0.3) is 0 Å². The second kappa shape index (κ2) is 9.41. The second-order valence-electron chi connectivity index (χ2n) is 6.36. The zero-order valence-electron chi connectivity index (χ0n) is 15.9. The third-order valence-corrected chi connectivity index (χ3v) is 5.03. The van der Waals surface area contributed by atoms with Crippen molar-refractivity contribution in [2.24, 2.45) is 0 Å². The average molecular weight is 465 g/mol. The number of amides is 1. The van der Waals surface area contributed by atoms with Gasteiger partial charge in [0.15, 0.2) is 5.78 Å². The minimum absolute atomic E-state index is 0.0900. The third-order valence-electron chi connectivity index (χ3n) is 4.05. The van der Waals surface area contributed by atoms with Gasteiger partial charge in [0.1, 0.15) is 17.4 Å². The molecular weight excluding hydrogens is 449 g/mol. The van der Waals surface area contributed by atoms with Crippen LogP contribution in [0.2, 0.25) is 0 Å². The van der Waals surface area contributed by atoms with Crippen LogP contribution in [-0.2, 0) is 14.9 Å². The molecule has 0 saturated heterocycles. The topological polar surface area (TPSA) is 89.5 Å². The van der Waals surface area contributed by atoms with Gasteiger partial charge in [-0.1, -0.05) is 18.2 Å². The normalized spacial score (nSPS) is 12.8. The van der Waals surface area contributed by atoms with E-state index in [-0.39, 0.29) is 12.8 Å². The molecule has 1 N–H and O–H groups in total. The number of hydrogen-bond donors (Lipinski definition) is 1. The number of halogens is 5. The predicted octanol–water partition coefficient (Wildman–Crippen LogP) is 4.03. The van der Waals surface area contributed by atoms with Crippen LogP contribution in [0.4, 0.5) is 22.0 Å². The predicted molar refractivity (Wildman–Crippen MR) is 98.5 cm³/mol. The van der Waals surface area contributed by atoms with Gasteiger partial charge in [-0.15, -0.1) is 0 Å². The molecule has 2 aromatic carbocycles. The summed E-state index contributed by atoms with van der Waals surface area (Å²) in [5.74, 6) is -4.04. The van der Waals surface area contributed by atoms with Gasteiger partial charge in [-0.25, -0.2) is 8.78 Å². The summed E-state index contributed by atoms with van der Waals surface area (Å²) in [4.78, 5) is 23.7. The van der Waals surface area contributed by atoms with Crippen molar-refractivity contribution in [3.63, 3.8) is 0 Å². The van der Waals surface area contributed by atoms with Gasteiger partial charge in [0.05, 0.1) is 11.6 Å². The second-order valence-corrected chi connectivity index (χ2v) is 7.90. The van der Waals surface area contributed by atoms with Gasteiger partial charge in [-0.05, 0) is 36.2 Å². The van der Waals surface area contributed by atoms with Crippen LogP contribution >= 0.6 is 0 Å². The van der Waals surface area contributed by atoms with E-state index in [4.69, 9.17) is 0 Å². The Morgan fingerprint density at radius 2 is 1.58 bits per heavy atom. The van der Waals surface area contributed by atoms with Crippen molar-refractivity contribution in [3.8, 4) is 5.75 Å². The molecule has 2 rings (SSSR count). The zero-order valence-corrected chi connectivity index (χ0v) is 16.7. The maximum atomic E-state index is 13.7. The fourth-order valence-corrected chi connectivity index (χ4v) is 3.12. The number of Topliss-reactive ketones (excluding diaryl/α,β-unsaturated/α-hetero) is 1. The van der Waals surface area contributed by atoms with Crippen LogP contribution in [0.15, 0.2) is 42.5 Å². The maximum absolute atomic E-state index is 13.7. The van der Waals surface area contributed by atoms with Gasteiger partial charge in [0, 0.05) is 13.3 Å². The van der Waals surface area contributed by atoms with E-state index in [1.165, 1.54) is 19.1 Å². The van der Waals surface area contributed by atoms with Crippen molar-refractivity contribution >= 4 is 21.8 Å². The summed E-state index contributed by atoms with van der Waals surface area (Å²) in [6.45, 7) is 1.18. The number of hydrogen-bond acceptors (Lipinski definition) is 5. The molecule has 0 unspecified atom stereocenters. The van der Waals surface area contributed by atoms with Gasteiger partial charge in [-0.2, -0.15) is 21.6 Å². The molecule has 0 aliphatic carbocycles. The number of nitrogens with one attached hydrogen (secondary N) is 1. The highest BCUT2D eigenvalue weighted by Gasteiger charge is 2.48. The number of carbonyl (C=O) groups excluding carboxylic acids is 2. The maximum Gasteiger partial charge on any atom is 0.534 e. The van der Waals surface area contributed by atoms with E-state index in [2.05, 4.69) is 9.50 Å².